The van der Waals surface area contributed by atoms with Crippen molar-refractivity contribution in [2.75, 3.05) is 6.54 Å². The van der Waals surface area contributed by atoms with Crippen molar-refractivity contribution in [1.29, 1.82) is 0 Å². The Morgan fingerprint density at radius 2 is 1.76 bits per heavy atom. The zero-order valence-electron chi connectivity index (χ0n) is 8.39. The molecule has 0 spiro atoms. The average molecular weight is 297 g/mol. The smallest absolute Gasteiger partial charge is 0.105 e. The standard InChI is InChI=1S/C9H8Cl3N3O2/c10-5-1-4(2-6(11)8(5)12)9(17)7(16)3-14-15-13/h1-2,7,9,16-17H,3H2. The summed E-state index contributed by atoms with van der Waals surface area (Å²) in [6, 6.07) is 2.78. The van der Waals surface area contributed by atoms with E-state index < -0.39 is 12.2 Å². The summed E-state index contributed by atoms with van der Waals surface area (Å²) >= 11 is 17.3. The molecular formula is C9H8Cl3N3O2. The van der Waals surface area contributed by atoms with Crippen LogP contribution < -0.4 is 0 Å². The van der Waals surface area contributed by atoms with E-state index in [1.807, 2.05) is 0 Å². The SMILES string of the molecule is [N-]=[N+]=NCC(O)C(O)c1cc(Cl)c(Cl)c(Cl)c1. The lowest BCUT2D eigenvalue weighted by Crippen LogP contribution is -2.21. The zero-order valence-corrected chi connectivity index (χ0v) is 10.7. The normalized spacial score (nSPS) is 13.9. The highest BCUT2D eigenvalue weighted by Crippen LogP contribution is 2.33. The van der Waals surface area contributed by atoms with Crippen LogP contribution in [0.1, 0.15) is 11.7 Å². The van der Waals surface area contributed by atoms with Gasteiger partial charge in [-0.05, 0) is 23.2 Å². The second kappa shape index (κ2) is 6.31. The predicted molar refractivity (Wildman–Crippen MR) is 66.5 cm³/mol. The van der Waals surface area contributed by atoms with Crippen LogP contribution in [-0.2, 0) is 0 Å². The first kappa shape index (κ1) is 14.4. The van der Waals surface area contributed by atoms with Crippen LogP contribution in [0.3, 0.4) is 0 Å². The van der Waals surface area contributed by atoms with Crippen molar-refractivity contribution in [2.45, 2.75) is 12.2 Å². The minimum absolute atomic E-state index is 0.171. The molecule has 17 heavy (non-hydrogen) atoms. The first-order chi connectivity index (χ1) is 7.97. The second-order valence-electron chi connectivity index (χ2n) is 3.22. The molecule has 0 aromatic heterocycles. The van der Waals surface area contributed by atoms with Gasteiger partial charge in [0, 0.05) is 4.91 Å². The van der Waals surface area contributed by atoms with Crippen molar-refractivity contribution in [3.63, 3.8) is 0 Å². The Kier molecular flexibility index (Phi) is 5.33. The highest BCUT2D eigenvalue weighted by Gasteiger charge is 2.19. The van der Waals surface area contributed by atoms with E-state index in [4.69, 9.17) is 40.3 Å². The number of rotatable bonds is 4. The van der Waals surface area contributed by atoms with Crippen LogP contribution in [0.25, 0.3) is 10.4 Å². The van der Waals surface area contributed by atoms with Crippen LogP contribution in [0.2, 0.25) is 15.1 Å². The van der Waals surface area contributed by atoms with Crippen molar-refractivity contribution in [2.24, 2.45) is 5.11 Å². The summed E-state index contributed by atoms with van der Waals surface area (Å²) in [5, 5.41) is 23.0. The maximum atomic E-state index is 9.76. The molecule has 0 aliphatic carbocycles. The fraction of sp³-hybridized carbons (Fsp3) is 0.333. The van der Waals surface area contributed by atoms with Gasteiger partial charge >= 0.3 is 0 Å². The Bertz CT molecular complexity index is 440. The topological polar surface area (TPSA) is 89.2 Å². The molecule has 0 saturated heterocycles. The van der Waals surface area contributed by atoms with Crippen molar-refractivity contribution in [3.8, 4) is 0 Å². The molecule has 0 radical (unpaired) electrons. The molecule has 0 aliphatic heterocycles. The Hall–Kier alpha value is -0.680. The number of nitrogens with zero attached hydrogens (tertiary/aromatic N) is 3. The molecule has 0 heterocycles. The summed E-state index contributed by atoms with van der Waals surface area (Å²) in [6.45, 7) is -0.254. The van der Waals surface area contributed by atoms with E-state index in [0.717, 1.165) is 0 Å². The van der Waals surface area contributed by atoms with E-state index in [1.54, 1.807) is 0 Å². The van der Waals surface area contributed by atoms with Gasteiger partial charge in [-0.25, -0.2) is 0 Å². The van der Waals surface area contributed by atoms with Gasteiger partial charge in [0.05, 0.1) is 27.7 Å². The third-order valence-electron chi connectivity index (χ3n) is 2.04. The third kappa shape index (κ3) is 3.64. The van der Waals surface area contributed by atoms with E-state index in [2.05, 4.69) is 10.0 Å². The zero-order chi connectivity index (χ0) is 13.0. The number of aliphatic hydroxyl groups is 2. The molecule has 8 heteroatoms. The summed E-state index contributed by atoms with van der Waals surface area (Å²) in [7, 11) is 0. The molecule has 1 rings (SSSR count). The minimum atomic E-state index is -1.26. The fourth-order valence-corrected chi connectivity index (χ4v) is 1.80. The van der Waals surface area contributed by atoms with Crippen LogP contribution in [0.15, 0.2) is 17.2 Å². The average Bonchev–Trinajstić information content (AvgIpc) is 2.31. The Morgan fingerprint density at radius 1 is 1.24 bits per heavy atom. The van der Waals surface area contributed by atoms with Gasteiger partial charge < -0.3 is 10.2 Å². The van der Waals surface area contributed by atoms with E-state index in [0.29, 0.717) is 5.56 Å². The highest BCUT2D eigenvalue weighted by atomic mass is 35.5. The van der Waals surface area contributed by atoms with Gasteiger partial charge in [-0.15, -0.1) is 0 Å². The van der Waals surface area contributed by atoms with Crippen molar-refractivity contribution < 1.29 is 10.2 Å². The van der Waals surface area contributed by atoms with Crippen LogP contribution in [0, 0.1) is 0 Å². The maximum Gasteiger partial charge on any atom is 0.105 e. The quantitative estimate of drug-likeness (QED) is 0.386. The maximum absolute atomic E-state index is 9.76. The molecule has 0 bridgehead atoms. The van der Waals surface area contributed by atoms with E-state index >= 15 is 0 Å². The number of hydrogen-bond acceptors (Lipinski definition) is 3. The molecule has 0 saturated carbocycles. The number of benzene rings is 1. The summed E-state index contributed by atoms with van der Waals surface area (Å²) in [6.07, 6.45) is -2.49. The first-order valence-corrected chi connectivity index (χ1v) is 5.62. The molecular weight excluding hydrogens is 288 g/mol. The molecule has 1 aromatic rings. The van der Waals surface area contributed by atoms with Crippen molar-refractivity contribution in [1.82, 2.24) is 0 Å². The Balaban J connectivity index is 2.96. The molecule has 2 N–H and O–H groups in total. The number of azide groups is 1. The van der Waals surface area contributed by atoms with Gasteiger partial charge in [0.15, 0.2) is 0 Å². The van der Waals surface area contributed by atoms with Gasteiger partial charge in [0.25, 0.3) is 0 Å². The third-order valence-corrected chi connectivity index (χ3v) is 3.24. The lowest BCUT2D eigenvalue weighted by atomic mass is 10.0. The van der Waals surface area contributed by atoms with Crippen LogP contribution >= 0.6 is 34.8 Å². The van der Waals surface area contributed by atoms with E-state index in [1.165, 1.54) is 12.1 Å². The lowest BCUT2D eigenvalue weighted by Gasteiger charge is -2.17. The van der Waals surface area contributed by atoms with E-state index in [-0.39, 0.29) is 21.6 Å². The first-order valence-electron chi connectivity index (χ1n) is 4.48. The molecule has 0 fully saturated rings. The summed E-state index contributed by atoms with van der Waals surface area (Å²) in [5.74, 6) is 0. The Labute approximate surface area is 112 Å². The molecule has 0 aliphatic rings. The number of aliphatic hydroxyl groups excluding tert-OH is 2. The van der Waals surface area contributed by atoms with Gasteiger partial charge in [-0.2, -0.15) is 0 Å². The predicted octanol–water partition coefficient (Wildman–Crippen LogP) is 3.35. The van der Waals surface area contributed by atoms with Gasteiger partial charge in [0.2, 0.25) is 0 Å². The van der Waals surface area contributed by atoms with Crippen LogP contribution in [0.5, 0.6) is 0 Å². The summed E-state index contributed by atoms with van der Waals surface area (Å²) in [4.78, 5) is 2.48. The number of hydrogen-bond donors (Lipinski definition) is 2. The van der Waals surface area contributed by atoms with Crippen molar-refractivity contribution in [3.05, 3.63) is 43.2 Å². The van der Waals surface area contributed by atoms with Crippen LogP contribution in [0.4, 0.5) is 0 Å². The lowest BCUT2D eigenvalue weighted by molar-refractivity contribution is 0.0244. The van der Waals surface area contributed by atoms with E-state index in [9.17, 15) is 10.2 Å². The molecule has 2 unspecified atom stereocenters. The fourth-order valence-electron chi connectivity index (χ4n) is 1.19. The molecule has 92 valence electrons. The summed E-state index contributed by atoms with van der Waals surface area (Å²) < 4.78 is 0. The number of halogens is 3. The summed E-state index contributed by atoms with van der Waals surface area (Å²) in [5.41, 5.74) is 8.39. The van der Waals surface area contributed by atoms with Crippen LogP contribution in [-0.4, -0.2) is 22.9 Å². The second-order valence-corrected chi connectivity index (χ2v) is 4.42. The van der Waals surface area contributed by atoms with Crippen molar-refractivity contribution >= 4 is 34.8 Å². The monoisotopic (exact) mass is 295 g/mol. The van der Waals surface area contributed by atoms with Gasteiger partial charge in [0.1, 0.15) is 6.10 Å². The molecule has 5 nitrogen and oxygen atoms in total. The molecule has 0 amide bonds. The largest absolute Gasteiger partial charge is 0.390 e. The van der Waals surface area contributed by atoms with Gasteiger partial charge in [-0.3, -0.25) is 0 Å². The van der Waals surface area contributed by atoms with Gasteiger partial charge in [-0.1, -0.05) is 39.9 Å². The highest BCUT2D eigenvalue weighted by molar-refractivity contribution is 6.48. The minimum Gasteiger partial charge on any atom is -0.390 e. The Morgan fingerprint density at radius 3 is 2.24 bits per heavy atom. The molecule has 2 atom stereocenters. The molecule has 1 aromatic carbocycles.